The number of nitrogens with zero attached hydrogens (tertiary/aromatic N) is 2. The van der Waals surface area contributed by atoms with Gasteiger partial charge in [0.05, 0.1) is 12.1 Å². The van der Waals surface area contributed by atoms with E-state index in [1.807, 2.05) is 17.7 Å². The number of hydrogen-bond acceptors (Lipinski definition) is 3. The number of aliphatic hydroxyl groups excluding tert-OH is 1. The van der Waals surface area contributed by atoms with Crippen molar-refractivity contribution in [2.45, 2.75) is 45.4 Å². The second-order valence-electron chi connectivity index (χ2n) is 5.62. The zero-order chi connectivity index (χ0) is 16.8. The summed E-state index contributed by atoms with van der Waals surface area (Å²) in [6.45, 7) is 4.38. The number of benzene rings is 1. The summed E-state index contributed by atoms with van der Waals surface area (Å²) in [7, 11) is 0. The summed E-state index contributed by atoms with van der Waals surface area (Å²) >= 11 is 0. The number of carbonyl (C=O) groups excluding carboxylic acids is 1. The monoisotopic (exact) mass is 319 g/mol. The molecule has 0 saturated carbocycles. The van der Waals surface area contributed by atoms with Crippen molar-refractivity contribution in [2.24, 2.45) is 0 Å². The van der Waals surface area contributed by atoms with Crippen LogP contribution in [0.15, 0.2) is 36.7 Å². The topological polar surface area (TPSA) is 67.2 Å². The minimum atomic E-state index is -0.865. The molecule has 2 unspecified atom stereocenters. The number of hydrogen-bond donors (Lipinski definition) is 2. The molecule has 0 spiro atoms. The number of aryl methyl sites for hydroxylation is 2. The molecule has 2 N–H and O–H groups in total. The van der Waals surface area contributed by atoms with Crippen molar-refractivity contribution in [3.63, 3.8) is 0 Å². The van der Waals surface area contributed by atoms with E-state index in [9.17, 15) is 14.3 Å². The highest BCUT2D eigenvalue weighted by Gasteiger charge is 2.18. The molecule has 0 aliphatic carbocycles. The van der Waals surface area contributed by atoms with Crippen LogP contribution in [0.4, 0.5) is 4.39 Å². The molecule has 23 heavy (non-hydrogen) atoms. The molecule has 0 fully saturated rings. The second-order valence-corrected chi connectivity index (χ2v) is 5.62. The lowest BCUT2D eigenvalue weighted by Gasteiger charge is -2.20. The summed E-state index contributed by atoms with van der Waals surface area (Å²) in [5.74, 6) is 0.453. The molecular formula is C17H22FN3O2. The van der Waals surface area contributed by atoms with Crippen LogP contribution >= 0.6 is 0 Å². The van der Waals surface area contributed by atoms with Crippen LogP contribution in [0.5, 0.6) is 0 Å². The summed E-state index contributed by atoms with van der Waals surface area (Å²) in [6.07, 6.45) is 3.82. The summed E-state index contributed by atoms with van der Waals surface area (Å²) in [4.78, 5) is 16.1. The van der Waals surface area contributed by atoms with Crippen molar-refractivity contribution in [1.29, 1.82) is 0 Å². The fourth-order valence-electron chi connectivity index (χ4n) is 2.40. The molecular weight excluding hydrogens is 297 g/mol. The third-order valence-corrected chi connectivity index (χ3v) is 3.80. The van der Waals surface area contributed by atoms with Gasteiger partial charge in [-0.25, -0.2) is 9.37 Å². The van der Waals surface area contributed by atoms with E-state index >= 15 is 0 Å². The summed E-state index contributed by atoms with van der Waals surface area (Å²) in [5, 5.41) is 13.0. The smallest absolute Gasteiger partial charge is 0.220 e. The van der Waals surface area contributed by atoms with Crippen molar-refractivity contribution >= 4 is 5.91 Å². The van der Waals surface area contributed by atoms with Crippen molar-refractivity contribution in [3.8, 4) is 0 Å². The number of imidazole rings is 1. The molecule has 1 aromatic heterocycles. The molecule has 124 valence electrons. The Bertz CT molecular complexity index is 640. The Balaban J connectivity index is 1.77. The molecule has 2 atom stereocenters. The minimum absolute atomic E-state index is 0.114. The Morgan fingerprint density at radius 2 is 2.09 bits per heavy atom. The van der Waals surface area contributed by atoms with Crippen molar-refractivity contribution in [2.75, 3.05) is 0 Å². The van der Waals surface area contributed by atoms with Crippen LogP contribution in [0, 0.1) is 12.7 Å². The average Bonchev–Trinajstić information content (AvgIpc) is 2.92. The number of carbonyl (C=O) groups is 1. The lowest BCUT2D eigenvalue weighted by molar-refractivity contribution is -0.122. The van der Waals surface area contributed by atoms with E-state index in [4.69, 9.17) is 0 Å². The van der Waals surface area contributed by atoms with Gasteiger partial charge >= 0.3 is 0 Å². The Kier molecular flexibility index (Phi) is 5.87. The number of aliphatic hydroxyl groups is 1. The molecule has 1 heterocycles. The van der Waals surface area contributed by atoms with Crippen LogP contribution in [0.2, 0.25) is 0 Å². The van der Waals surface area contributed by atoms with E-state index in [0.717, 1.165) is 12.4 Å². The number of rotatable bonds is 7. The van der Waals surface area contributed by atoms with Crippen LogP contribution in [0.1, 0.15) is 37.3 Å². The van der Waals surface area contributed by atoms with Crippen molar-refractivity contribution in [1.82, 2.24) is 14.9 Å². The van der Waals surface area contributed by atoms with Gasteiger partial charge in [0, 0.05) is 25.4 Å². The number of nitrogens with one attached hydrogen (secondary N) is 1. The molecule has 6 heteroatoms. The first kappa shape index (κ1) is 17.1. The molecule has 0 aliphatic rings. The van der Waals surface area contributed by atoms with E-state index in [1.165, 1.54) is 24.3 Å². The second kappa shape index (κ2) is 7.87. The molecule has 5 nitrogen and oxygen atoms in total. The third-order valence-electron chi connectivity index (χ3n) is 3.80. The molecule has 1 amide bonds. The van der Waals surface area contributed by atoms with Crippen LogP contribution < -0.4 is 5.32 Å². The molecule has 2 aromatic rings. The van der Waals surface area contributed by atoms with Gasteiger partial charge in [0.1, 0.15) is 11.6 Å². The van der Waals surface area contributed by atoms with Crippen molar-refractivity contribution in [3.05, 3.63) is 53.9 Å². The number of amides is 1. The van der Waals surface area contributed by atoms with E-state index in [2.05, 4.69) is 10.3 Å². The summed E-state index contributed by atoms with van der Waals surface area (Å²) in [5.41, 5.74) is 0.577. The SMILES string of the molecule is Cc1nccn1CCCC(=O)NC(C)C(O)c1ccc(F)cc1. The van der Waals surface area contributed by atoms with E-state index in [1.54, 1.807) is 13.1 Å². The van der Waals surface area contributed by atoms with Gasteiger partial charge in [0.2, 0.25) is 5.91 Å². The summed E-state index contributed by atoms with van der Waals surface area (Å²) in [6, 6.07) is 5.18. The highest BCUT2D eigenvalue weighted by molar-refractivity contribution is 5.76. The first-order valence-electron chi connectivity index (χ1n) is 7.68. The zero-order valence-corrected chi connectivity index (χ0v) is 13.4. The minimum Gasteiger partial charge on any atom is -0.386 e. The first-order valence-corrected chi connectivity index (χ1v) is 7.68. The van der Waals surface area contributed by atoms with Crippen LogP contribution in [-0.4, -0.2) is 26.6 Å². The standard InChI is InChI=1S/C17H22FN3O2/c1-12(17(23)14-5-7-15(18)8-6-14)20-16(22)4-3-10-21-11-9-19-13(21)2/h5-9,11-12,17,23H,3-4,10H2,1-2H3,(H,20,22). The van der Waals surface area contributed by atoms with Gasteiger partial charge in [-0.15, -0.1) is 0 Å². The maximum absolute atomic E-state index is 12.9. The normalized spacial score (nSPS) is 13.6. The van der Waals surface area contributed by atoms with Gasteiger partial charge in [0.15, 0.2) is 0 Å². The predicted octanol–water partition coefficient (Wildman–Crippen LogP) is 2.35. The largest absolute Gasteiger partial charge is 0.386 e. The Hall–Kier alpha value is -2.21. The molecule has 2 rings (SSSR count). The molecule has 0 radical (unpaired) electrons. The van der Waals surface area contributed by atoms with Gasteiger partial charge in [-0.1, -0.05) is 12.1 Å². The highest BCUT2D eigenvalue weighted by Crippen LogP contribution is 2.17. The predicted molar refractivity (Wildman–Crippen MR) is 85.2 cm³/mol. The van der Waals surface area contributed by atoms with Gasteiger partial charge in [-0.05, 0) is 38.0 Å². The lowest BCUT2D eigenvalue weighted by Crippen LogP contribution is -2.37. The van der Waals surface area contributed by atoms with Gasteiger partial charge < -0.3 is 15.0 Å². The van der Waals surface area contributed by atoms with Crippen LogP contribution in [0.25, 0.3) is 0 Å². The highest BCUT2D eigenvalue weighted by atomic mass is 19.1. The maximum Gasteiger partial charge on any atom is 0.220 e. The fourth-order valence-corrected chi connectivity index (χ4v) is 2.40. The molecule has 0 saturated heterocycles. The van der Waals surface area contributed by atoms with Crippen molar-refractivity contribution < 1.29 is 14.3 Å². The number of halogens is 1. The fraction of sp³-hybridized carbons (Fsp3) is 0.412. The maximum atomic E-state index is 12.9. The average molecular weight is 319 g/mol. The molecule has 1 aromatic carbocycles. The zero-order valence-electron chi connectivity index (χ0n) is 13.4. The Morgan fingerprint density at radius 1 is 1.39 bits per heavy atom. The third kappa shape index (κ3) is 4.89. The van der Waals surface area contributed by atoms with Crippen LogP contribution in [0.3, 0.4) is 0 Å². The van der Waals surface area contributed by atoms with Gasteiger partial charge in [0.25, 0.3) is 0 Å². The van der Waals surface area contributed by atoms with E-state index in [0.29, 0.717) is 18.4 Å². The van der Waals surface area contributed by atoms with E-state index < -0.39 is 12.1 Å². The van der Waals surface area contributed by atoms with Gasteiger partial charge in [-0.2, -0.15) is 0 Å². The van der Waals surface area contributed by atoms with Gasteiger partial charge in [-0.3, -0.25) is 4.79 Å². The van der Waals surface area contributed by atoms with E-state index in [-0.39, 0.29) is 11.7 Å². The van der Waals surface area contributed by atoms with Crippen LogP contribution in [-0.2, 0) is 11.3 Å². The Labute approximate surface area is 135 Å². The number of aromatic nitrogens is 2. The lowest BCUT2D eigenvalue weighted by atomic mass is 10.0. The molecule has 0 bridgehead atoms. The summed E-state index contributed by atoms with van der Waals surface area (Å²) < 4.78 is 14.9. The Morgan fingerprint density at radius 3 is 2.70 bits per heavy atom. The first-order chi connectivity index (χ1) is 11.0. The quantitative estimate of drug-likeness (QED) is 0.823. The molecule has 0 aliphatic heterocycles.